The van der Waals surface area contributed by atoms with E-state index in [4.69, 9.17) is 9.47 Å². The molecule has 0 aliphatic carbocycles. The number of hydrogen-bond donors (Lipinski definition) is 1. The Hall–Kier alpha value is -4.37. The molecule has 36 heavy (non-hydrogen) atoms. The number of non-ortho nitro benzene ring substituents is 1. The molecule has 0 spiro atoms. The molecule has 1 amide bonds. The van der Waals surface area contributed by atoms with Crippen LogP contribution in [0.4, 0.5) is 5.69 Å². The highest BCUT2D eigenvalue weighted by Crippen LogP contribution is 2.43. The number of benzene rings is 3. The Bertz CT molecular complexity index is 1700. The van der Waals surface area contributed by atoms with Crippen molar-refractivity contribution in [1.82, 2.24) is 9.88 Å². The van der Waals surface area contributed by atoms with Crippen molar-refractivity contribution >= 4 is 43.9 Å². The Labute approximate surface area is 208 Å². The number of fused-ring (bicyclic) bond motifs is 5. The minimum atomic E-state index is -0.420. The molecule has 8 nitrogen and oxygen atoms in total. The number of amides is 1. The van der Waals surface area contributed by atoms with Crippen molar-refractivity contribution in [2.75, 3.05) is 13.3 Å². The number of carbonyl (C=O) groups excluding carboxylic acids is 1. The van der Waals surface area contributed by atoms with Crippen LogP contribution in [0.5, 0.6) is 11.5 Å². The molecule has 0 saturated carbocycles. The van der Waals surface area contributed by atoms with Crippen molar-refractivity contribution in [3.63, 3.8) is 0 Å². The minimum absolute atomic E-state index is 0.0122. The van der Waals surface area contributed by atoms with Gasteiger partial charge in [-0.15, -0.1) is 11.3 Å². The molecule has 4 heterocycles. The number of nitrogens with one attached hydrogen (secondary N) is 1. The van der Waals surface area contributed by atoms with Crippen LogP contribution in [0, 0.1) is 10.1 Å². The van der Waals surface area contributed by atoms with Crippen LogP contribution in [0.15, 0.2) is 66.7 Å². The zero-order chi connectivity index (χ0) is 24.4. The highest BCUT2D eigenvalue weighted by Gasteiger charge is 2.36. The molecule has 0 saturated heterocycles. The minimum Gasteiger partial charge on any atom is -0.454 e. The first kappa shape index (κ1) is 21.0. The number of rotatable bonds is 3. The largest absolute Gasteiger partial charge is 0.454 e. The van der Waals surface area contributed by atoms with Gasteiger partial charge in [-0.3, -0.25) is 14.9 Å². The fraction of sp³-hybridized carbons (Fsp3) is 0.148. The summed E-state index contributed by atoms with van der Waals surface area (Å²) in [7, 11) is 0. The average molecular weight is 498 g/mol. The number of carbonyl (C=O) groups is 1. The number of hydrogen-bond acceptors (Lipinski definition) is 6. The summed E-state index contributed by atoms with van der Waals surface area (Å²) >= 11 is 1.35. The lowest BCUT2D eigenvalue weighted by Crippen LogP contribution is -2.40. The molecule has 0 bridgehead atoms. The summed E-state index contributed by atoms with van der Waals surface area (Å²) in [5.74, 6) is 1.25. The van der Waals surface area contributed by atoms with Gasteiger partial charge in [0.05, 0.1) is 15.8 Å². The van der Waals surface area contributed by atoms with E-state index in [0.29, 0.717) is 28.3 Å². The van der Waals surface area contributed by atoms with Gasteiger partial charge in [0.25, 0.3) is 11.6 Å². The molecule has 0 fully saturated rings. The summed E-state index contributed by atoms with van der Waals surface area (Å²) < 4.78 is 12.0. The molecule has 7 rings (SSSR count). The van der Waals surface area contributed by atoms with Gasteiger partial charge >= 0.3 is 0 Å². The summed E-state index contributed by atoms with van der Waals surface area (Å²) in [4.78, 5) is 30.8. The van der Waals surface area contributed by atoms with Crippen LogP contribution in [-0.4, -0.2) is 34.1 Å². The lowest BCUT2D eigenvalue weighted by molar-refractivity contribution is -0.384. The van der Waals surface area contributed by atoms with Crippen molar-refractivity contribution in [3.05, 3.63) is 98.5 Å². The number of nitrogens with zero attached hydrogens (tertiary/aromatic N) is 2. The lowest BCUT2D eigenvalue weighted by atomic mass is 9.92. The van der Waals surface area contributed by atoms with Crippen LogP contribution < -0.4 is 9.47 Å². The van der Waals surface area contributed by atoms with Crippen LogP contribution in [0.3, 0.4) is 0 Å². The molecule has 2 aliphatic rings. The molecular weight excluding hydrogens is 478 g/mol. The smallest absolute Gasteiger partial charge is 0.270 e. The molecule has 1 atom stereocenters. The van der Waals surface area contributed by atoms with Crippen molar-refractivity contribution in [2.24, 2.45) is 0 Å². The maximum absolute atomic E-state index is 14.0. The highest BCUT2D eigenvalue weighted by molar-refractivity contribution is 7.20. The van der Waals surface area contributed by atoms with Crippen molar-refractivity contribution in [1.29, 1.82) is 0 Å². The van der Waals surface area contributed by atoms with E-state index < -0.39 is 4.92 Å². The van der Waals surface area contributed by atoms with Gasteiger partial charge in [0.15, 0.2) is 11.5 Å². The number of nitro benzene ring substituents is 1. The summed E-state index contributed by atoms with van der Waals surface area (Å²) in [5, 5.41) is 13.1. The van der Waals surface area contributed by atoms with Gasteiger partial charge in [-0.25, -0.2) is 0 Å². The second-order valence-corrected chi connectivity index (χ2v) is 10.0. The number of ether oxygens (including phenoxy) is 2. The molecule has 5 aromatic rings. The molecule has 1 unspecified atom stereocenters. The maximum atomic E-state index is 14.0. The van der Waals surface area contributed by atoms with E-state index in [1.807, 2.05) is 35.2 Å². The van der Waals surface area contributed by atoms with Crippen molar-refractivity contribution in [2.45, 2.75) is 12.5 Å². The number of nitro groups is 1. The van der Waals surface area contributed by atoms with E-state index in [1.54, 1.807) is 12.1 Å². The molecule has 178 valence electrons. The molecule has 9 heteroatoms. The number of H-pyrrole nitrogens is 1. The van der Waals surface area contributed by atoms with Gasteiger partial charge in [0.2, 0.25) is 6.79 Å². The van der Waals surface area contributed by atoms with Crippen LogP contribution in [0.2, 0.25) is 0 Å². The van der Waals surface area contributed by atoms with Crippen LogP contribution in [0.25, 0.3) is 21.0 Å². The third kappa shape index (κ3) is 3.16. The normalized spacial score (nSPS) is 16.4. The van der Waals surface area contributed by atoms with Gasteiger partial charge < -0.3 is 19.4 Å². The Morgan fingerprint density at radius 3 is 2.81 bits per heavy atom. The predicted molar refractivity (Wildman–Crippen MR) is 136 cm³/mol. The molecule has 1 N–H and O–H groups in total. The Kier molecular flexibility index (Phi) is 4.55. The fourth-order valence-electron chi connectivity index (χ4n) is 5.28. The molecular formula is C27H19N3O5S. The van der Waals surface area contributed by atoms with Gasteiger partial charge in [-0.2, -0.15) is 0 Å². The predicted octanol–water partition coefficient (Wildman–Crippen LogP) is 5.81. The monoisotopic (exact) mass is 497 g/mol. The van der Waals surface area contributed by atoms with Gasteiger partial charge in [-0.05, 0) is 47.9 Å². The summed E-state index contributed by atoms with van der Waals surface area (Å²) in [6.45, 7) is 0.721. The van der Waals surface area contributed by atoms with E-state index in [1.165, 1.54) is 34.4 Å². The summed E-state index contributed by atoms with van der Waals surface area (Å²) in [5.41, 5.74) is 4.18. The van der Waals surface area contributed by atoms with Gasteiger partial charge in [0, 0.05) is 45.4 Å². The second-order valence-electron chi connectivity index (χ2n) is 8.92. The molecule has 0 radical (unpaired) electrons. The van der Waals surface area contributed by atoms with Gasteiger partial charge in [-0.1, -0.05) is 24.3 Å². The van der Waals surface area contributed by atoms with Crippen LogP contribution in [0.1, 0.15) is 32.5 Å². The third-order valence-corrected chi connectivity index (χ3v) is 8.03. The third-order valence-electron chi connectivity index (χ3n) is 6.93. The fourth-order valence-corrected chi connectivity index (χ4v) is 6.28. The Morgan fingerprint density at radius 1 is 1.06 bits per heavy atom. The summed E-state index contributed by atoms with van der Waals surface area (Å²) in [6, 6.07) is 20.1. The standard InChI is InChI=1S/C27H19N3O5S/c31-27(24-13-16-11-17(30(32)33)6-8-23(16)36-24)29-10-9-19-18-3-1-2-4-20(18)28-25(19)26(29)15-5-7-21-22(12-15)35-14-34-21/h1-8,11-13,26,28H,9-10,14H2. The molecule has 2 aliphatic heterocycles. The average Bonchev–Trinajstić information content (AvgIpc) is 3.63. The van der Waals surface area contributed by atoms with E-state index in [-0.39, 0.29) is 24.4 Å². The number of thiophene rings is 1. The molecule has 2 aromatic heterocycles. The lowest BCUT2D eigenvalue weighted by Gasteiger charge is -2.36. The highest BCUT2D eigenvalue weighted by atomic mass is 32.1. The SMILES string of the molecule is O=C(c1cc2cc([N+](=O)[O-])ccc2s1)N1CCc2c([nH]c3ccccc23)C1c1ccc2c(c1)OCO2. The van der Waals surface area contributed by atoms with E-state index in [2.05, 4.69) is 17.1 Å². The van der Waals surface area contributed by atoms with Crippen molar-refractivity contribution < 1.29 is 19.2 Å². The van der Waals surface area contributed by atoms with E-state index >= 15 is 0 Å². The number of para-hydroxylation sites is 1. The van der Waals surface area contributed by atoms with Crippen LogP contribution >= 0.6 is 11.3 Å². The van der Waals surface area contributed by atoms with E-state index in [9.17, 15) is 14.9 Å². The number of aromatic amines is 1. The van der Waals surface area contributed by atoms with E-state index in [0.717, 1.165) is 27.9 Å². The maximum Gasteiger partial charge on any atom is 0.270 e. The zero-order valence-corrected chi connectivity index (χ0v) is 19.7. The van der Waals surface area contributed by atoms with Gasteiger partial charge in [0.1, 0.15) is 0 Å². The first-order valence-electron chi connectivity index (χ1n) is 11.5. The zero-order valence-electron chi connectivity index (χ0n) is 18.9. The number of aromatic nitrogens is 1. The topological polar surface area (TPSA) is 97.7 Å². The first-order valence-corrected chi connectivity index (χ1v) is 12.4. The Morgan fingerprint density at radius 2 is 1.92 bits per heavy atom. The quantitative estimate of drug-likeness (QED) is 0.251. The molecule has 3 aromatic carbocycles. The Balaban J connectivity index is 1.35. The first-order chi connectivity index (χ1) is 17.6. The van der Waals surface area contributed by atoms with Crippen LogP contribution in [-0.2, 0) is 6.42 Å². The summed E-state index contributed by atoms with van der Waals surface area (Å²) in [6.07, 6.45) is 0.725. The second kappa shape index (κ2) is 7.82. The van der Waals surface area contributed by atoms with Crippen molar-refractivity contribution in [3.8, 4) is 11.5 Å².